The van der Waals surface area contributed by atoms with Gasteiger partial charge < -0.3 is 20.1 Å². The number of nitrogens with zero attached hydrogens (tertiary/aromatic N) is 4. The Bertz CT molecular complexity index is 1490. The van der Waals surface area contributed by atoms with Gasteiger partial charge in [0.1, 0.15) is 10.9 Å². The number of carbonyl (C=O) groups is 2. The fraction of sp³-hybridized carbons (Fsp3) is 0.296. The number of H-pyrrole nitrogens is 1. The van der Waals surface area contributed by atoms with E-state index in [-0.39, 0.29) is 17.5 Å². The Kier molecular flexibility index (Phi) is 7.10. The number of nitro benzene ring substituents is 1. The Balaban J connectivity index is 1.33. The molecule has 2 N–H and O–H groups in total. The molecule has 0 radical (unpaired) electrons. The average molecular weight is 533 g/mol. The van der Waals surface area contributed by atoms with Gasteiger partial charge in [0.2, 0.25) is 5.91 Å². The van der Waals surface area contributed by atoms with E-state index in [0.29, 0.717) is 43.2 Å². The molecule has 4 aromatic rings. The first-order valence-electron chi connectivity index (χ1n) is 12.4. The lowest BCUT2D eigenvalue weighted by Gasteiger charge is -2.37. The van der Waals surface area contributed by atoms with Crippen LogP contribution in [0, 0.1) is 24.0 Å². The SMILES string of the molecule is Cc1nc(C)c(C(=O)NC(Cc2c[nH]c3ccccc23)C(=O)N2CCN(c3ccc([N+](=O)[O-])cc3)CC2)s1. The molecule has 3 heterocycles. The Morgan fingerprint density at radius 2 is 1.82 bits per heavy atom. The molecule has 5 rings (SSSR count). The third-order valence-corrected chi connectivity index (χ3v) is 7.90. The van der Waals surface area contributed by atoms with Gasteiger partial charge in [-0.25, -0.2) is 4.98 Å². The van der Waals surface area contributed by atoms with E-state index in [0.717, 1.165) is 27.2 Å². The van der Waals surface area contributed by atoms with E-state index in [4.69, 9.17) is 0 Å². The number of nitrogens with one attached hydrogen (secondary N) is 2. The predicted octanol–water partition coefficient (Wildman–Crippen LogP) is 3.84. The number of rotatable bonds is 7. The van der Waals surface area contributed by atoms with Crippen LogP contribution in [0.4, 0.5) is 11.4 Å². The summed E-state index contributed by atoms with van der Waals surface area (Å²) in [4.78, 5) is 49.5. The summed E-state index contributed by atoms with van der Waals surface area (Å²) in [6, 6.07) is 13.6. The van der Waals surface area contributed by atoms with Crippen molar-refractivity contribution < 1.29 is 14.5 Å². The molecule has 1 aliphatic heterocycles. The molecule has 2 aromatic heterocycles. The van der Waals surface area contributed by atoms with Gasteiger partial charge in [0.25, 0.3) is 11.6 Å². The van der Waals surface area contributed by atoms with Crippen LogP contribution >= 0.6 is 11.3 Å². The number of benzene rings is 2. The molecule has 1 fully saturated rings. The molecule has 1 unspecified atom stereocenters. The van der Waals surface area contributed by atoms with Gasteiger partial charge >= 0.3 is 0 Å². The number of non-ortho nitro benzene ring substituents is 1. The van der Waals surface area contributed by atoms with Crippen molar-refractivity contribution in [3.63, 3.8) is 0 Å². The van der Waals surface area contributed by atoms with Crippen LogP contribution < -0.4 is 10.2 Å². The van der Waals surface area contributed by atoms with Crippen LogP contribution in [0.5, 0.6) is 0 Å². The number of piperazine rings is 1. The summed E-state index contributed by atoms with van der Waals surface area (Å²) in [5, 5.41) is 15.8. The van der Waals surface area contributed by atoms with Crippen molar-refractivity contribution in [2.24, 2.45) is 0 Å². The van der Waals surface area contributed by atoms with Crippen LogP contribution in [-0.2, 0) is 11.2 Å². The lowest BCUT2D eigenvalue weighted by atomic mass is 10.0. The highest BCUT2D eigenvalue weighted by Gasteiger charge is 2.31. The van der Waals surface area contributed by atoms with Gasteiger partial charge in [-0.1, -0.05) is 18.2 Å². The number of para-hydroxylation sites is 1. The third kappa shape index (κ3) is 5.23. The Morgan fingerprint density at radius 3 is 2.47 bits per heavy atom. The van der Waals surface area contributed by atoms with Crippen molar-refractivity contribution >= 4 is 45.4 Å². The number of thiazole rings is 1. The highest BCUT2D eigenvalue weighted by atomic mass is 32.1. The number of aromatic nitrogens is 2. The van der Waals surface area contributed by atoms with E-state index in [1.807, 2.05) is 37.4 Å². The van der Waals surface area contributed by atoms with Crippen LogP contribution in [0.25, 0.3) is 10.9 Å². The second kappa shape index (κ2) is 10.6. The van der Waals surface area contributed by atoms with Crippen LogP contribution in [0.1, 0.15) is 25.9 Å². The molecule has 2 amide bonds. The minimum atomic E-state index is -0.741. The number of aryl methyl sites for hydroxylation is 2. The maximum absolute atomic E-state index is 13.8. The van der Waals surface area contributed by atoms with E-state index in [2.05, 4.69) is 20.2 Å². The van der Waals surface area contributed by atoms with Crippen molar-refractivity contribution in [1.82, 2.24) is 20.2 Å². The summed E-state index contributed by atoms with van der Waals surface area (Å²) in [5.74, 6) is -0.429. The monoisotopic (exact) mass is 532 g/mol. The molecule has 2 aromatic carbocycles. The van der Waals surface area contributed by atoms with Crippen molar-refractivity contribution in [3.05, 3.63) is 86.0 Å². The summed E-state index contributed by atoms with van der Waals surface area (Å²) in [7, 11) is 0. The van der Waals surface area contributed by atoms with Crippen molar-refractivity contribution in [1.29, 1.82) is 0 Å². The van der Waals surface area contributed by atoms with E-state index >= 15 is 0 Å². The minimum absolute atomic E-state index is 0.0461. The standard InChI is InChI=1S/C27H28N6O4S/c1-17-25(38-18(2)29-17)26(34)30-24(15-19-16-28-23-6-4-3-5-22(19)23)27(35)32-13-11-31(12-14-32)20-7-9-21(10-8-20)33(36)37/h3-10,16,24,28H,11-15H2,1-2H3,(H,30,34). The number of carbonyl (C=O) groups excluding carboxylic acids is 2. The molecule has 0 saturated carbocycles. The molecular formula is C27H28N6O4S. The van der Waals surface area contributed by atoms with Gasteiger partial charge in [0.05, 0.1) is 15.6 Å². The fourth-order valence-electron chi connectivity index (χ4n) is 4.88. The maximum atomic E-state index is 13.8. The predicted molar refractivity (Wildman–Crippen MR) is 147 cm³/mol. The first-order chi connectivity index (χ1) is 18.3. The van der Waals surface area contributed by atoms with Crippen molar-refractivity contribution in [2.75, 3.05) is 31.1 Å². The Labute approximate surface area is 223 Å². The average Bonchev–Trinajstić information content (AvgIpc) is 3.49. The van der Waals surface area contributed by atoms with Crippen molar-refractivity contribution in [2.45, 2.75) is 26.3 Å². The number of hydrogen-bond donors (Lipinski definition) is 2. The van der Waals surface area contributed by atoms with Crippen LogP contribution in [0.2, 0.25) is 0 Å². The maximum Gasteiger partial charge on any atom is 0.269 e. The van der Waals surface area contributed by atoms with Crippen LogP contribution in [0.3, 0.4) is 0 Å². The summed E-state index contributed by atoms with van der Waals surface area (Å²) in [5.41, 5.74) is 3.51. The van der Waals surface area contributed by atoms with Gasteiger partial charge in [-0.15, -0.1) is 11.3 Å². The summed E-state index contributed by atoms with van der Waals surface area (Å²) in [6.45, 7) is 5.79. The number of anilines is 1. The molecule has 10 nitrogen and oxygen atoms in total. The smallest absolute Gasteiger partial charge is 0.269 e. The molecule has 196 valence electrons. The highest BCUT2D eigenvalue weighted by Crippen LogP contribution is 2.23. The van der Waals surface area contributed by atoms with Gasteiger partial charge in [0, 0.05) is 67.5 Å². The number of hydrogen-bond acceptors (Lipinski definition) is 7. The second-order valence-corrected chi connectivity index (χ2v) is 10.5. The number of amides is 2. The zero-order chi connectivity index (χ0) is 26.8. The fourth-order valence-corrected chi connectivity index (χ4v) is 5.70. The highest BCUT2D eigenvalue weighted by molar-refractivity contribution is 7.13. The number of aromatic amines is 1. The van der Waals surface area contributed by atoms with E-state index in [9.17, 15) is 19.7 Å². The molecule has 0 spiro atoms. The van der Waals surface area contributed by atoms with E-state index in [1.165, 1.54) is 23.5 Å². The molecule has 1 saturated heterocycles. The molecule has 11 heteroatoms. The van der Waals surface area contributed by atoms with Gasteiger partial charge in [-0.05, 0) is 37.6 Å². The zero-order valence-electron chi connectivity index (χ0n) is 21.1. The molecule has 1 aliphatic rings. The van der Waals surface area contributed by atoms with Gasteiger partial charge in [-0.2, -0.15) is 0 Å². The normalized spacial score (nSPS) is 14.5. The topological polar surface area (TPSA) is 124 Å². The summed E-state index contributed by atoms with van der Waals surface area (Å²) in [6.07, 6.45) is 2.25. The van der Waals surface area contributed by atoms with Crippen LogP contribution in [-0.4, -0.2) is 63.8 Å². The molecular weight excluding hydrogens is 504 g/mol. The van der Waals surface area contributed by atoms with Gasteiger partial charge in [0.15, 0.2) is 0 Å². The van der Waals surface area contributed by atoms with E-state index in [1.54, 1.807) is 24.0 Å². The number of fused-ring (bicyclic) bond motifs is 1. The second-order valence-electron chi connectivity index (χ2n) is 9.32. The third-order valence-electron chi connectivity index (χ3n) is 6.83. The quantitative estimate of drug-likeness (QED) is 0.275. The summed E-state index contributed by atoms with van der Waals surface area (Å²) < 4.78 is 0. The first-order valence-corrected chi connectivity index (χ1v) is 13.2. The molecule has 0 bridgehead atoms. The lowest BCUT2D eigenvalue weighted by Crippen LogP contribution is -2.55. The molecule has 1 atom stereocenters. The first kappa shape index (κ1) is 25.4. The van der Waals surface area contributed by atoms with Crippen molar-refractivity contribution in [3.8, 4) is 0 Å². The lowest BCUT2D eigenvalue weighted by molar-refractivity contribution is -0.384. The van der Waals surface area contributed by atoms with Crippen LogP contribution in [0.15, 0.2) is 54.7 Å². The van der Waals surface area contributed by atoms with E-state index < -0.39 is 11.0 Å². The summed E-state index contributed by atoms with van der Waals surface area (Å²) >= 11 is 1.32. The molecule has 0 aliphatic carbocycles. The largest absolute Gasteiger partial charge is 0.368 e. The Morgan fingerprint density at radius 1 is 1.11 bits per heavy atom. The number of nitro groups is 1. The zero-order valence-corrected chi connectivity index (χ0v) is 22.0. The minimum Gasteiger partial charge on any atom is -0.368 e. The van der Waals surface area contributed by atoms with Gasteiger partial charge in [-0.3, -0.25) is 19.7 Å². The molecule has 38 heavy (non-hydrogen) atoms. The Hall–Kier alpha value is -4.25.